The number of halogens is 2. The third-order valence-corrected chi connectivity index (χ3v) is 6.51. The van der Waals surface area contributed by atoms with E-state index in [-0.39, 0.29) is 5.91 Å². The van der Waals surface area contributed by atoms with Crippen LogP contribution in [0.1, 0.15) is 42.9 Å². The van der Waals surface area contributed by atoms with Crippen molar-refractivity contribution in [3.63, 3.8) is 0 Å². The molecule has 5 nitrogen and oxygen atoms in total. The Hall–Kier alpha value is -1.85. The maximum atomic E-state index is 12.9. The van der Waals surface area contributed by atoms with E-state index in [2.05, 4.69) is 9.88 Å². The summed E-state index contributed by atoms with van der Waals surface area (Å²) in [6.07, 6.45) is 1.64. The van der Waals surface area contributed by atoms with Crippen LogP contribution >= 0.6 is 23.2 Å². The average Bonchev–Trinajstić information content (AvgIpc) is 2.96. The van der Waals surface area contributed by atoms with Crippen molar-refractivity contribution in [2.24, 2.45) is 5.41 Å². The van der Waals surface area contributed by atoms with Crippen molar-refractivity contribution in [3.8, 4) is 0 Å². The smallest absolute Gasteiger partial charge is 0.229 e. The molecule has 1 aromatic heterocycles. The normalized spacial score (nSPS) is 15.3. The van der Waals surface area contributed by atoms with Gasteiger partial charge in [0.15, 0.2) is 0 Å². The highest BCUT2D eigenvalue weighted by molar-refractivity contribution is 6.30. The van der Waals surface area contributed by atoms with E-state index in [0.717, 1.165) is 60.4 Å². The van der Waals surface area contributed by atoms with E-state index in [1.165, 1.54) is 5.56 Å². The number of amides is 1. The third-order valence-electron chi connectivity index (χ3n) is 5.59. The minimum atomic E-state index is -0.543. The van der Waals surface area contributed by atoms with Crippen LogP contribution in [0.25, 0.3) is 0 Å². The van der Waals surface area contributed by atoms with E-state index in [1.54, 1.807) is 0 Å². The van der Waals surface area contributed by atoms with Gasteiger partial charge in [0.05, 0.1) is 5.41 Å². The molecule has 0 N–H and O–H groups in total. The van der Waals surface area contributed by atoms with Crippen LogP contribution in [0.4, 0.5) is 5.82 Å². The van der Waals surface area contributed by atoms with E-state index in [9.17, 15) is 4.79 Å². The summed E-state index contributed by atoms with van der Waals surface area (Å²) < 4.78 is 0. The summed E-state index contributed by atoms with van der Waals surface area (Å²) in [4.78, 5) is 26.5. The second kappa shape index (κ2) is 9.52. The molecule has 0 bridgehead atoms. The minimum Gasteiger partial charge on any atom is -0.354 e. The maximum Gasteiger partial charge on any atom is 0.229 e. The summed E-state index contributed by atoms with van der Waals surface area (Å²) >= 11 is 12.1. The molecule has 7 heteroatoms. The van der Waals surface area contributed by atoms with E-state index in [4.69, 9.17) is 28.2 Å². The Morgan fingerprint density at radius 3 is 2.43 bits per heavy atom. The van der Waals surface area contributed by atoms with Gasteiger partial charge in [0.1, 0.15) is 11.6 Å². The molecule has 30 heavy (non-hydrogen) atoms. The number of carbonyl (C=O) groups excluding carboxylic acids is 1. The first kappa shape index (κ1) is 22.8. The van der Waals surface area contributed by atoms with E-state index in [1.807, 2.05) is 56.9 Å². The van der Waals surface area contributed by atoms with Gasteiger partial charge >= 0.3 is 0 Å². The van der Waals surface area contributed by atoms with Crippen LogP contribution in [0, 0.1) is 19.3 Å². The number of rotatable bonds is 5. The lowest BCUT2D eigenvalue weighted by atomic mass is 9.94. The van der Waals surface area contributed by atoms with Gasteiger partial charge in [0, 0.05) is 54.8 Å². The van der Waals surface area contributed by atoms with Gasteiger partial charge in [-0.1, -0.05) is 23.7 Å². The molecule has 3 rings (SSSR count). The number of benzene rings is 1. The van der Waals surface area contributed by atoms with Crippen molar-refractivity contribution in [1.82, 2.24) is 14.9 Å². The maximum absolute atomic E-state index is 12.9. The summed E-state index contributed by atoms with van der Waals surface area (Å²) in [7, 11) is 0. The SMILES string of the molecule is Cc1nc(C)c(Cc2ccc(Cl)cc2)c(N2CCCN(C(=O)C(C)(C)CCl)CC2)n1. The number of nitrogens with zero attached hydrogens (tertiary/aromatic N) is 4. The average molecular weight is 449 g/mol. The molecule has 0 saturated carbocycles. The summed E-state index contributed by atoms with van der Waals surface area (Å²) in [5.41, 5.74) is 2.75. The molecule has 1 aliphatic rings. The summed E-state index contributed by atoms with van der Waals surface area (Å²) in [6.45, 7) is 10.8. The van der Waals surface area contributed by atoms with E-state index in [0.29, 0.717) is 12.4 Å². The number of aryl methyl sites for hydroxylation is 2. The van der Waals surface area contributed by atoms with Gasteiger partial charge in [-0.3, -0.25) is 4.79 Å². The molecular weight excluding hydrogens is 419 g/mol. The summed E-state index contributed by atoms with van der Waals surface area (Å²) in [5.74, 6) is 2.18. The molecule has 0 atom stereocenters. The zero-order valence-corrected chi connectivity index (χ0v) is 19.7. The second-order valence-electron chi connectivity index (χ2n) is 8.61. The highest BCUT2D eigenvalue weighted by Gasteiger charge is 2.32. The Labute approximate surface area is 189 Å². The van der Waals surface area contributed by atoms with Gasteiger partial charge < -0.3 is 9.80 Å². The van der Waals surface area contributed by atoms with Crippen molar-refractivity contribution in [2.75, 3.05) is 37.0 Å². The number of anilines is 1. The Morgan fingerprint density at radius 1 is 1.07 bits per heavy atom. The third kappa shape index (κ3) is 5.25. The lowest BCUT2D eigenvalue weighted by Gasteiger charge is -2.30. The number of carbonyl (C=O) groups is 1. The highest BCUT2D eigenvalue weighted by atomic mass is 35.5. The lowest BCUT2D eigenvalue weighted by molar-refractivity contribution is -0.139. The fourth-order valence-corrected chi connectivity index (χ4v) is 4.05. The number of hydrogen-bond donors (Lipinski definition) is 0. The predicted molar refractivity (Wildman–Crippen MR) is 124 cm³/mol. The monoisotopic (exact) mass is 448 g/mol. The highest BCUT2D eigenvalue weighted by Crippen LogP contribution is 2.27. The van der Waals surface area contributed by atoms with Crippen molar-refractivity contribution < 1.29 is 4.79 Å². The fraction of sp³-hybridized carbons (Fsp3) is 0.522. The molecule has 0 aliphatic carbocycles. The zero-order chi connectivity index (χ0) is 21.9. The fourth-order valence-electron chi connectivity index (χ4n) is 3.81. The van der Waals surface area contributed by atoms with Gasteiger partial charge in [-0.2, -0.15) is 0 Å². The molecule has 1 saturated heterocycles. The molecule has 0 unspecified atom stereocenters. The second-order valence-corrected chi connectivity index (χ2v) is 9.32. The lowest BCUT2D eigenvalue weighted by Crippen LogP contribution is -2.43. The molecule has 2 aromatic rings. The van der Waals surface area contributed by atoms with Gasteiger partial charge in [-0.15, -0.1) is 11.6 Å². The Balaban J connectivity index is 1.84. The zero-order valence-electron chi connectivity index (χ0n) is 18.2. The first-order valence-electron chi connectivity index (χ1n) is 10.4. The van der Waals surface area contributed by atoms with Gasteiger partial charge in [-0.05, 0) is 51.8 Å². The van der Waals surface area contributed by atoms with E-state index >= 15 is 0 Å². The van der Waals surface area contributed by atoms with Crippen molar-refractivity contribution in [2.45, 2.75) is 40.5 Å². The minimum absolute atomic E-state index is 0.121. The van der Waals surface area contributed by atoms with Gasteiger partial charge in [0.2, 0.25) is 5.91 Å². The molecular formula is C23H30Cl2N4O. The predicted octanol–water partition coefficient (Wildman–Crippen LogP) is 4.64. The van der Waals surface area contributed by atoms with Crippen molar-refractivity contribution >= 4 is 34.9 Å². The Bertz CT molecular complexity index is 899. The van der Waals surface area contributed by atoms with Crippen LogP contribution < -0.4 is 4.90 Å². The first-order valence-corrected chi connectivity index (χ1v) is 11.3. The molecule has 1 aliphatic heterocycles. The van der Waals surface area contributed by atoms with Crippen LogP contribution in [0.2, 0.25) is 5.02 Å². The topological polar surface area (TPSA) is 49.3 Å². The van der Waals surface area contributed by atoms with Crippen LogP contribution in [-0.4, -0.2) is 52.8 Å². The molecule has 162 valence electrons. The molecule has 0 radical (unpaired) electrons. The van der Waals surface area contributed by atoms with Crippen LogP contribution in [0.15, 0.2) is 24.3 Å². The molecule has 1 aromatic carbocycles. The molecule has 1 amide bonds. The summed E-state index contributed by atoms with van der Waals surface area (Å²) in [5, 5.41) is 0.730. The quantitative estimate of drug-likeness (QED) is 0.624. The standard InChI is InChI=1S/C23H30Cl2N4O/c1-16-20(14-18-6-8-19(25)9-7-18)21(27-17(2)26-16)28-10-5-11-29(13-12-28)22(30)23(3,4)15-24/h6-9H,5,10-15H2,1-4H3. The van der Waals surface area contributed by atoms with Gasteiger partial charge in [-0.25, -0.2) is 9.97 Å². The van der Waals surface area contributed by atoms with Crippen molar-refractivity contribution in [3.05, 3.63) is 51.9 Å². The van der Waals surface area contributed by atoms with E-state index < -0.39 is 5.41 Å². The first-order chi connectivity index (χ1) is 14.2. The number of aromatic nitrogens is 2. The molecule has 0 spiro atoms. The number of alkyl halides is 1. The van der Waals surface area contributed by atoms with Gasteiger partial charge in [0.25, 0.3) is 0 Å². The summed E-state index contributed by atoms with van der Waals surface area (Å²) in [6, 6.07) is 7.91. The molecule has 1 fully saturated rings. The van der Waals surface area contributed by atoms with Crippen LogP contribution in [0.5, 0.6) is 0 Å². The Morgan fingerprint density at radius 2 is 1.77 bits per heavy atom. The Kier molecular flexibility index (Phi) is 7.25. The van der Waals surface area contributed by atoms with Crippen LogP contribution in [0.3, 0.4) is 0 Å². The van der Waals surface area contributed by atoms with Crippen molar-refractivity contribution in [1.29, 1.82) is 0 Å². The number of hydrogen-bond acceptors (Lipinski definition) is 4. The van der Waals surface area contributed by atoms with Crippen LogP contribution in [-0.2, 0) is 11.2 Å². The largest absolute Gasteiger partial charge is 0.354 e. The molecule has 2 heterocycles.